The smallest absolute Gasteiger partial charge is 0.347 e. The Kier molecular flexibility index (Phi) is 5.37. The van der Waals surface area contributed by atoms with Crippen LogP contribution in [0.25, 0.3) is 22.3 Å². The lowest BCUT2D eigenvalue weighted by atomic mass is 9.83. The molecule has 0 unspecified atom stereocenters. The molecule has 0 bridgehead atoms. The molecule has 0 amide bonds. The number of aromatic carboxylic acids is 4. The summed E-state index contributed by atoms with van der Waals surface area (Å²) < 4.78 is 4.65. The van der Waals surface area contributed by atoms with Crippen molar-refractivity contribution in [1.29, 1.82) is 0 Å². The second-order valence-electron chi connectivity index (χ2n) is 7.26. The molecule has 11 heteroatoms. The van der Waals surface area contributed by atoms with E-state index in [4.69, 9.17) is 0 Å². The molecule has 174 valence electrons. The molecule has 0 atom stereocenters. The van der Waals surface area contributed by atoms with Crippen molar-refractivity contribution in [2.45, 2.75) is 0 Å². The zero-order valence-corrected chi connectivity index (χ0v) is 17.3. The van der Waals surface area contributed by atoms with Gasteiger partial charge in [-0.2, -0.15) is 0 Å². The molecule has 1 heterocycles. The lowest BCUT2D eigenvalue weighted by molar-refractivity contribution is 0.0441. The summed E-state index contributed by atoms with van der Waals surface area (Å²) in [5.41, 5.74) is -4.20. The molecule has 0 fully saturated rings. The third-order valence-corrected chi connectivity index (χ3v) is 5.39. The van der Waals surface area contributed by atoms with E-state index in [-0.39, 0.29) is 27.8 Å². The van der Waals surface area contributed by atoms with Crippen molar-refractivity contribution >= 4 is 35.8 Å². The lowest BCUT2D eigenvalue weighted by Crippen LogP contribution is -2.13. The number of carboxylic acid groups (broad SMARTS) is 4. The van der Waals surface area contributed by atoms with Crippen molar-refractivity contribution in [2.24, 2.45) is 0 Å². The maximum absolute atomic E-state index is 12.6. The highest BCUT2D eigenvalue weighted by molar-refractivity contribution is 6.21. The average molecular weight is 476 g/mol. The van der Waals surface area contributed by atoms with Crippen LogP contribution < -0.4 is 0 Å². The summed E-state index contributed by atoms with van der Waals surface area (Å²) in [4.78, 5) is 72.4. The number of carboxylic acids is 4. The molecule has 0 saturated heterocycles. The zero-order valence-electron chi connectivity index (χ0n) is 17.3. The molecule has 35 heavy (non-hydrogen) atoms. The van der Waals surface area contributed by atoms with Crippen LogP contribution in [0.5, 0.6) is 0 Å². The van der Waals surface area contributed by atoms with Gasteiger partial charge in [0.25, 0.3) is 0 Å². The van der Waals surface area contributed by atoms with Crippen molar-refractivity contribution in [1.82, 2.24) is 0 Å². The van der Waals surface area contributed by atoms with Crippen molar-refractivity contribution in [3.8, 4) is 22.3 Å². The minimum Gasteiger partial charge on any atom is -0.478 e. The Hall–Kier alpha value is -5.32. The van der Waals surface area contributed by atoms with Gasteiger partial charge in [-0.25, -0.2) is 28.8 Å². The fourth-order valence-electron chi connectivity index (χ4n) is 4.03. The van der Waals surface area contributed by atoms with Crippen LogP contribution in [-0.2, 0) is 4.74 Å². The monoisotopic (exact) mass is 476 g/mol. The Labute approximate surface area is 194 Å². The summed E-state index contributed by atoms with van der Waals surface area (Å²) in [5.74, 6) is -8.64. The summed E-state index contributed by atoms with van der Waals surface area (Å²) in [5, 5.41) is 38.6. The number of rotatable bonds is 6. The Morgan fingerprint density at radius 1 is 0.514 bits per heavy atom. The van der Waals surface area contributed by atoms with Gasteiger partial charge in [-0.15, -0.1) is 0 Å². The van der Waals surface area contributed by atoms with E-state index >= 15 is 0 Å². The fraction of sp³-hybridized carbons (Fsp3) is 0. The molecule has 0 aliphatic carbocycles. The predicted octanol–water partition coefficient (Wildman–Crippen LogP) is 3.12. The topological polar surface area (TPSA) is 193 Å². The molecule has 0 spiro atoms. The second kappa shape index (κ2) is 8.23. The summed E-state index contributed by atoms with van der Waals surface area (Å²) in [6.45, 7) is 0. The number of benzene rings is 3. The van der Waals surface area contributed by atoms with Gasteiger partial charge in [-0.3, -0.25) is 0 Å². The Bertz CT molecular complexity index is 1510. The van der Waals surface area contributed by atoms with Gasteiger partial charge in [0.2, 0.25) is 0 Å². The minimum absolute atomic E-state index is 0.124. The first-order chi connectivity index (χ1) is 16.5. The predicted molar refractivity (Wildman–Crippen MR) is 115 cm³/mol. The maximum Gasteiger partial charge on any atom is 0.347 e. The van der Waals surface area contributed by atoms with E-state index in [0.29, 0.717) is 0 Å². The molecule has 0 radical (unpaired) electrons. The van der Waals surface area contributed by atoms with Crippen LogP contribution in [0.1, 0.15) is 62.1 Å². The van der Waals surface area contributed by atoms with Crippen LogP contribution in [0.3, 0.4) is 0 Å². The third-order valence-electron chi connectivity index (χ3n) is 5.39. The van der Waals surface area contributed by atoms with Gasteiger partial charge in [-0.1, -0.05) is 30.3 Å². The molecular weight excluding hydrogens is 464 g/mol. The van der Waals surface area contributed by atoms with E-state index in [1.165, 1.54) is 30.3 Å². The van der Waals surface area contributed by atoms with Crippen molar-refractivity contribution in [2.75, 3.05) is 0 Å². The van der Waals surface area contributed by atoms with Crippen LogP contribution in [0.4, 0.5) is 0 Å². The van der Waals surface area contributed by atoms with Crippen LogP contribution in [0.2, 0.25) is 0 Å². The second-order valence-corrected chi connectivity index (χ2v) is 7.26. The molecule has 1 aliphatic rings. The molecule has 3 aromatic rings. The zero-order chi connectivity index (χ0) is 25.6. The molecule has 0 saturated carbocycles. The largest absolute Gasteiger partial charge is 0.478 e. The molecule has 3 aromatic carbocycles. The highest BCUT2D eigenvalue weighted by Crippen LogP contribution is 2.43. The highest BCUT2D eigenvalue weighted by atomic mass is 16.6. The number of esters is 2. The van der Waals surface area contributed by atoms with Crippen LogP contribution in [0, 0.1) is 0 Å². The average Bonchev–Trinajstić information content (AvgIpc) is 3.10. The lowest BCUT2D eigenvalue weighted by Gasteiger charge is -2.18. The number of hydrogen-bond donors (Lipinski definition) is 4. The van der Waals surface area contributed by atoms with Crippen LogP contribution >= 0.6 is 0 Å². The van der Waals surface area contributed by atoms with E-state index in [1.54, 1.807) is 0 Å². The summed E-state index contributed by atoms with van der Waals surface area (Å²) in [7, 11) is 0. The summed E-state index contributed by atoms with van der Waals surface area (Å²) in [6, 6.07) is 9.32. The van der Waals surface area contributed by atoms with E-state index < -0.39 is 63.6 Å². The number of cyclic esters (lactones) is 2. The summed E-state index contributed by atoms with van der Waals surface area (Å²) in [6.07, 6.45) is 0. The Morgan fingerprint density at radius 2 is 1.00 bits per heavy atom. The molecule has 1 aliphatic heterocycles. The molecule has 4 N–H and O–H groups in total. The Morgan fingerprint density at radius 3 is 1.51 bits per heavy atom. The van der Waals surface area contributed by atoms with Crippen molar-refractivity contribution in [3.05, 3.63) is 81.9 Å². The van der Waals surface area contributed by atoms with Crippen molar-refractivity contribution < 1.29 is 53.9 Å². The molecule has 4 rings (SSSR count). The molecular formula is C24H12O11. The third kappa shape index (κ3) is 3.56. The van der Waals surface area contributed by atoms with Gasteiger partial charge < -0.3 is 25.2 Å². The normalized spacial score (nSPS) is 12.1. The minimum atomic E-state index is -1.67. The van der Waals surface area contributed by atoms with Gasteiger partial charge >= 0.3 is 35.8 Å². The SMILES string of the molecule is O=C(O)c1cccc(-c2ccc3c(c2-c2cccc(C(=O)O)c2C(=O)O)C(=O)OC3=O)c1C(=O)O. The number of fused-ring (bicyclic) bond motifs is 1. The van der Waals surface area contributed by atoms with Gasteiger partial charge in [0.1, 0.15) is 0 Å². The van der Waals surface area contributed by atoms with E-state index in [9.17, 15) is 49.2 Å². The number of carbonyl (C=O) groups excluding carboxylic acids is 2. The first kappa shape index (κ1) is 22.9. The number of hydrogen-bond acceptors (Lipinski definition) is 7. The van der Waals surface area contributed by atoms with Gasteiger partial charge in [0.15, 0.2) is 0 Å². The number of ether oxygens (including phenoxy) is 1. The summed E-state index contributed by atoms with van der Waals surface area (Å²) >= 11 is 0. The van der Waals surface area contributed by atoms with Gasteiger partial charge in [0.05, 0.1) is 33.4 Å². The van der Waals surface area contributed by atoms with Crippen LogP contribution in [-0.4, -0.2) is 56.2 Å². The van der Waals surface area contributed by atoms with Crippen molar-refractivity contribution in [3.63, 3.8) is 0 Å². The standard InChI is InChI=1S/C24H12O11/c25-19(26)12-5-1-3-9(16(12)21(29)30)10-7-8-14-18(24(34)35-23(14)33)15(10)11-4-2-6-13(20(27)28)17(11)22(31)32/h1-8H,(H,25,26)(H,27,28)(H,29,30)(H,31,32). The van der Waals surface area contributed by atoms with Gasteiger partial charge in [0, 0.05) is 5.56 Å². The highest BCUT2D eigenvalue weighted by Gasteiger charge is 2.37. The first-order valence-electron chi connectivity index (χ1n) is 9.68. The Balaban J connectivity index is 2.23. The fourth-order valence-corrected chi connectivity index (χ4v) is 4.03. The number of carbonyl (C=O) groups is 6. The maximum atomic E-state index is 12.6. The molecule has 0 aromatic heterocycles. The van der Waals surface area contributed by atoms with E-state index in [0.717, 1.165) is 18.2 Å². The first-order valence-corrected chi connectivity index (χ1v) is 9.68. The van der Waals surface area contributed by atoms with Crippen LogP contribution in [0.15, 0.2) is 48.5 Å². The van der Waals surface area contributed by atoms with E-state index in [1.807, 2.05) is 0 Å². The van der Waals surface area contributed by atoms with Gasteiger partial charge in [-0.05, 0) is 34.9 Å². The molecule has 11 nitrogen and oxygen atoms in total. The quantitative estimate of drug-likeness (QED) is 0.302. The van der Waals surface area contributed by atoms with E-state index in [2.05, 4.69) is 4.74 Å².